The maximum atomic E-state index is 9.32. The van der Waals surface area contributed by atoms with E-state index in [2.05, 4.69) is 5.16 Å². The Labute approximate surface area is 75.8 Å². The van der Waals surface area contributed by atoms with Crippen LogP contribution in [0, 0.1) is 0 Å². The summed E-state index contributed by atoms with van der Waals surface area (Å²) < 4.78 is 0. The van der Waals surface area contributed by atoms with Crippen molar-refractivity contribution in [3.63, 3.8) is 0 Å². The maximum absolute atomic E-state index is 9.32. The van der Waals surface area contributed by atoms with E-state index in [1.54, 1.807) is 6.07 Å². The number of rotatable bonds is 3. The third-order valence-corrected chi connectivity index (χ3v) is 1.69. The van der Waals surface area contributed by atoms with Crippen LogP contribution in [0.15, 0.2) is 23.4 Å². The molecule has 4 nitrogen and oxygen atoms in total. The summed E-state index contributed by atoms with van der Waals surface area (Å²) in [5.74, 6) is 0.100. The zero-order valence-electron chi connectivity index (χ0n) is 7.01. The summed E-state index contributed by atoms with van der Waals surface area (Å²) in [6, 6.07) is 4.42. The smallest absolute Gasteiger partial charge is 0.122 e. The van der Waals surface area contributed by atoms with Gasteiger partial charge in [-0.2, -0.15) is 0 Å². The van der Waals surface area contributed by atoms with Gasteiger partial charge in [-0.05, 0) is 24.5 Å². The Hall–Kier alpha value is -1.71. The topological polar surface area (TPSA) is 73.1 Å². The van der Waals surface area contributed by atoms with Crippen molar-refractivity contribution in [1.29, 1.82) is 0 Å². The molecule has 0 bridgehead atoms. The van der Waals surface area contributed by atoms with E-state index < -0.39 is 0 Å². The van der Waals surface area contributed by atoms with E-state index in [1.165, 1.54) is 18.3 Å². The van der Waals surface area contributed by atoms with Crippen LogP contribution in [0.1, 0.15) is 12.0 Å². The van der Waals surface area contributed by atoms with Gasteiger partial charge < -0.3 is 15.4 Å². The van der Waals surface area contributed by atoms with Crippen LogP contribution in [0.4, 0.5) is 0 Å². The lowest BCUT2D eigenvalue weighted by Crippen LogP contribution is -1.86. The van der Waals surface area contributed by atoms with Crippen LogP contribution in [0.2, 0.25) is 0 Å². The molecule has 1 aromatic rings. The Morgan fingerprint density at radius 2 is 2.08 bits per heavy atom. The zero-order valence-corrected chi connectivity index (χ0v) is 7.01. The molecule has 4 heteroatoms. The molecule has 0 aliphatic rings. The number of aryl methyl sites for hydroxylation is 1. The van der Waals surface area contributed by atoms with Crippen LogP contribution in [0.5, 0.6) is 11.5 Å². The highest BCUT2D eigenvalue weighted by Gasteiger charge is 2.00. The van der Waals surface area contributed by atoms with E-state index >= 15 is 0 Å². The van der Waals surface area contributed by atoms with Crippen molar-refractivity contribution in [2.24, 2.45) is 5.16 Å². The number of hydrogen-bond acceptors (Lipinski definition) is 4. The fourth-order valence-corrected chi connectivity index (χ4v) is 1.04. The average Bonchev–Trinajstić information content (AvgIpc) is 2.09. The van der Waals surface area contributed by atoms with E-state index in [9.17, 15) is 5.11 Å². The van der Waals surface area contributed by atoms with Crippen molar-refractivity contribution >= 4 is 6.21 Å². The largest absolute Gasteiger partial charge is 0.508 e. The monoisotopic (exact) mass is 181 g/mol. The van der Waals surface area contributed by atoms with Crippen LogP contribution in [0.3, 0.4) is 0 Å². The molecule has 1 rings (SSSR count). The lowest BCUT2D eigenvalue weighted by Gasteiger charge is -2.02. The summed E-state index contributed by atoms with van der Waals surface area (Å²) in [7, 11) is 0. The highest BCUT2D eigenvalue weighted by molar-refractivity contribution is 5.57. The molecule has 0 aliphatic heterocycles. The first kappa shape index (κ1) is 9.38. The zero-order chi connectivity index (χ0) is 9.68. The summed E-state index contributed by atoms with van der Waals surface area (Å²) in [5.41, 5.74) is 0.720. The second kappa shape index (κ2) is 4.35. The van der Waals surface area contributed by atoms with Crippen LogP contribution in [-0.2, 0) is 6.42 Å². The van der Waals surface area contributed by atoms with Gasteiger partial charge in [-0.15, -0.1) is 5.16 Å². The number of oxime groups is 1. The second-order valence-electron chi connectivity index (χ2n) is 2.65. The average molecular weight is 181 g/mol. The molecule has 0 radical (unpaired) electrons. The number of nitrogens with zero attached hydrogens (tertiary/aromatic N) is 1. The minimum atomic E-state index is 0.0390. The predicted octanol–water partition coefficient (Wildman–Crippen LogP) is 1.49. The molecule has 70 valence electrons. The quantitative estimate of drug-likeness (QED) is 0.376. The van der Waals surface area contributed by atoms with Gasteiger partial charge in [-0.1, -0.05) is 6.07 Å². The van der Waals surface area contributed by atoms with Crippen molar-refractivity contribution in [2.45, 2.75) is 12.8 Å². The number of phenols is 2. The van der Waals surface area contributed by atoms with E-state index in [-0.39, 0.29) is 11.5 Å². The molecular weight excluding hydrogens is 170 g/mol. The summed E-state index contributed by atoms with van der Waals surface area (Å²) in [5, 5.41) is 29.3. The number of benzene rings is 1. The third kappa shape index (κ3) is 2.66. The number of aromatic hydroxyl groups is 2. The molecule has 0 unspecified atom stereocenters. The molecule has 0 fully saturated rings. The van der Waals surface area contributed by atoms with Gasteiger partial charge in [0.1, 0.15) is 11.5 Å². The van der Waals surface area contributed by atoms with Crippen molar-refractivity contribution in [3.8, 4) is 11.5 Å². The Morgan fingerprint density at radius 3 is 2.69 bits per heavy atom. The van der Waals surface area contributed by atoms with Gasteiger partial charge in [0, 0.05) is 12.3 Å². The molecule has 0 aromatic heterocycles. The first-order valence-electron chi connectivity index (χ1n) is 3.91. The van der Waals surface area contributed by atoms with Crippen LogP contribution < -0.4 is 0 Å². The normalized spacial score (nSPS) is 10.8. The van der Waals surface area contributed by atoms with Crippen LogP contribution in [-0.4, -0.2) is 21.6 Å². The van der Waals surface area contributed by atoms with E-state index in [0.29, 0.717) is 12.8 Å². The first-order chi connectivity index (χ1) is 6.24. The summed E-state index contributed by atoms with van der Waals surface area (Å²) in [6.45, 7) is 0. The standard InChI is InChI=1S/C9H11NO3/c11-8-4-3-7(9(12)6-8)2-1-5-10-13/h3-6,11-13H,1-2H2. The predicted molar refractivity (Wildman–Crippen MR) is 48.4 cm³/mol. The molecule has 13 heavy (non-hydrogen) atoms. The van der Waals surface area contributed by atoms with Crippen molar-refractivity contribution in [2.75, 3.05) is 0 Å². The Balaban J connectivity index is 2.66. The number of hydrogen-bond donors (Lipinski definition) is 3. The number of phenolic OH excluding ortho intramolecular Hbond substituents is 2. The van der Waals surface area contributed by atoms with Crippen molar-refractivity contribution < 1.29 is 15.4 Å². The molecule has 0 heterocycles. The third-order valence-electron chi connectivity index (χ3n) is 1.69. The van der Waals surface area contributed by atoms with Gasteiger partial charge in [-0.25, -0.2) is 0 Å². The fraction of sp³-hybridized carbons (Fsp3) is 0.222. The molecule has 0 saturated carbocycles. The minimum absolute atomic E-state index is 0.0390. The molecule has 0 aliphatic carbocycles. The molecule has 0 saturated heterocycles. The SMILES string of the molecule is ON=CCCc1ccc(O)cc1O. The Bertz CT molecular complexity index is 310. The maximum Gasteiger partial charge on any atom is 0.122 e. The first-order valence-corrected chi connectivity index (χ1v) is 3.91. The van der Waals surface area contributed by atoms with E-state index in [0.717, 1.165) is 5.56 Å². The van der Waals surface area contributed by atoms with E-state index in [4.69, 9.17) is 10.3 Å². The Kier molecular flexibility index (Phi) is 3.14. The highest BCUT2D eigenvalue weighted by atomic mass is 16.4. The van der Waals surface area contributed by atoms with Crippen molar-refractivity contribution in [1.82, 2.24) is 0 Å². The second-order valence-corrected chi connectivity index (χ2v) is 2.65. The summed E-state index contributed by atoms with van der Waals surface area (Å²) in [6.07, 6.45) is 2.48. The van der Waals surface area contributed by atoms with Gasteiger partial charge in [0.05, 0.1) is 0 Å². The van der Waals surface area contributed by atoms with Gasteiger partial charge in [0.2, 0.25) is 0 Å². The fourth-order valence-electron chi connectivity index (χ4n) is 1.04. The van der Waals surface area contributed by atoms with Gasteiger partial charge in [0.15, 0.2) is 0 Å². The van der Waals surface area contributed by atoms with Gasteiger partial charge >= 0.3 is 0 Å². The highest BCUT2D eigenvalue weighted by Crippen LogP contribution is 2.23. The van der Waals surface area contributed by atoms with Gasteiger partial charge in [-0.3, -0.25) is 0 Å². The molecule has 0 spiro atoms. The molecular formula is C9H11NO3. The van der Waals surface area contributed by atoms with Crippen LogP contribution >= 0.6 is 0 Å². The van der Waals surface area contributed by atoms with Crippen molar-refractivity contribution in [3.05, 3.63) is 23.8 Å². The lowest BCUT2D eigenvalue weighted by atomic mass is 10.1. The summed E-state index contributed by atoms with van der Waals surface area (Å²) in [4.78, 5) is 0. The minimum Gasteiger partial charge on any atom is -0.508 e. The van der Waals surface area contributed by atoms with Crippen LogP contribution in [0.25, 0.3) is 0 Å². The van der Waals surface area contributed by atoms with E-state index in [1.807, 2.05) is 0 Å². The molecule has 0 atom stereocenters. The lowest BCUT2D eigenvalue weighted by molar-refractivity contribution is 0.320. The molecule has 0 amide bonds. The van der Waals surface area contributed by atoms with Gasteiger partial charge in [0.25, 0.3) is 0 Å². The molecule has 1 aromatic carbocycles. The molecule has 3 N–H and O–H groups in total. The Morgan fingerprint density at radius 1 is 1.31 bits per heavy atom. The summed E-state index contributed by atoms with van der Waals surface area (Å²) >= 11 is 0.